The highest BCUT2D eigenvalue weighted by Crippen LogP contribution is 2.10. The van der Waals surface area contributed by atoms with Crippen LogP contribution in [0.2, 0.25) is 0 Å². The van der Waals surface area contributed by atoms with Gasteiger partial charge in [0.05, 0.1) is 0 Å². The van der Waals surface area contributed by atoms with Gasteiger partial charge in [0.2, 0.25) is 0 Å². The van der Waals surface area contributed by atoms with Crippen molar-refractivity contribution in [3.05, 3.63) is 42.7 Å². The molecule has 0 fully saturated rings. The van der Waals surface area contributed by atoms with E-state index >= 15 is 0 Å². The summed E-state index contributed by atoms with van der Waals surface area (Å²) in [6.45, 7) is 0. The summed E-state index contributed by atoms with van der Waals surface area (Å²) in [5.41, 5.74) is 1.59. The molecule has 2 aromatic rings. The Morgan fingerprint density at radius 1 is 0.923 bits per heavy atom. The van der Waals surface area contributed by atoms with Gasteiger partial charge < -0.3 is 0 Å². The molecule has 2 rings (SSSR count). The zero-order chi connectivity index (χ0) is 9.10. The highest BCUT2D eigenvalue weighted by atomic mass is 14.9. The number of aromatic nitrogens is 2. The number of hydrogen-bond acceptors (Lipinski definition) is 2. The van der Waals surface area contributed by atoms with Gasteiger partial charge >= 0.3 is 0 Å². The van der Waals surface area contributed by atoms with Crippen molar-refractivity contribution in [3.63, 3.8) is 0 Å². The van der Waals surface area contributed by atoms with E-state index in [9.17, 15) is 0 Å². The van der Waals surface area contributed by atoms with Crippen molar-refractivity contribution in [2.45, 2.75) is 0 Å². The van der Waals surface area contributed by atoms with Gasteiger partial charge in [-0.25, -0.2) is 9.97 Å². The van der Waals surface area contributed by atoms with Crippen molar-refractivity contribution in [3.8, 4) is 11.4 Å². The standard InChI is InChI=1S/C10H7BN2/c11-9-6-12-10(13-7-9)8-4-2-1-3-5-8/h1-7H. The minimum absolute atomic E-state index is 0.583. The summed E-state index contributed by atoms with van der Waals surface area (Å²) in [5, 5.41) is 0. The van der Waals surface area contributed by atoms with E-state index in [0.29, 0.717) is 11.3 Å². The second-order valence-electron chi connectivity index (χ2n) is 2.71. The first-order valence-corrected chi connectivity index (χ1v) is 3.99. The summed E-state index contributed by atoms with van der Waals surface area (Å²) in [5.74, 6) is 0.704. The van der Waals surface area contributed by atoms with E-state index in [1.165, 1.54) is 0 Å². The fourth-order valence-electron chi connectivity index (χ4n) is 1.07. The van der Waals surface area contributed by atoms with Gasteiger partial charge in [0.1, 0.15) is 7.85 Å². The number of hydrogen-bond donors (Lipinski definition) is 0. The Morgan fingerprint density at radius 2 is 1.54 bits per heavy atom. The van der Waals surface area contributed by atoms with E-state index in [4.69, 9.17) is 7.85 Å². The number of rotatable bonds is 1. The molecule has 0 aliphatic carbocycles. The summed E-state index contributed by atoms with van der Waals surface area (Å²) in [4.78, 5) is 8.22. The van der Waals surface area contributed by atoms with E-state index in [1.807, 2.05) is 30.3 Å². The number of nitrogens with zero attached hydrogens (tertiary/aromatic N) is 2. The molecule has 0 unspecified atom stereocenters. The molecule has 0 aliphatic heterocycles. The van der Waals surface area contributed by atoms with Gasteiger partial charge in [-0.1, -0.05) is 35.8 Å². The Kier molecular flexibility index (Phi) is 2.09. The van der Waals surface area contributed by atoms with Crippen LogP contribution in [0.5, 0.6) is 0 Å². The molecule has 0 saturated heterocycles. The van der Waals surface area contributed by atoms with Gasteiger partial charge in [0.15, 0.2) is 5.82 Å². The van der Waals surface area contributed by atoms with Gasteiger partial charge in [-0.2, -0.15) is 0 Å². The highest BCUT2D eigenvalue weighted by Gasteiger charge is 1.97. The monoisotopic (exact) mass is 166 g/mol. The minimum Gasteiger partial charge on any atom is -0.237 e. The van der Waals surface area contributed by atoms with Crippen molar-refractivity contribution < 1.29 is 0 Å². The molecule has 0 aliphatic rings. The third-order valence-electron chi connectivity index (χ3n) is 1.70. The molecule has 3 heteroatoms. The molecular formula is C10H7BN2. The van der Waals surface area contributed by atoms with Gasteiger partial charge in [-0.3, -0.25) is 0 Å². The fourth-order valence-corrected chi connectivity index (χ4v) is 1.07. The molecule has 2 nitrogen and oxygen atoms in total. The molecule has 0 saturated carbocycles. The van der Waals surface area contributed by atoms with E-state index in [-0.39, 0.29) is 0 Å². The highest BCUT2D eigenvalue weighted by molar-refractivity contribution is 6.31. The SMILES string of the molecule is [B]c1cnc(-c2ccccc2)nc1. The fraction of sp³-hybridized carbons (Fsp3) is 0. The lowest BCUT2D eigenvalue weighted by Crippen LogP contribution is -2.04. The smallest absolute Gasteiger partial charge is 0.159 e. The van der Waals surface area contributed by atoms with Gasteiger partial charge in [-0.05, 0) is 0 Å². The summed E-state index contributed by atoms with van der Waals surface area (Å²) in [6.07, 6.45) is 3.21. The van der Waals surface area contributed by atoms with E-state index in [0.717, 1.165) is 5.56 Å². The lowest BCUT2D eigenvalue weighted by molar-refractivity contribution is 1.19. The Morgan fingerprint density at radius 3 is 2.15 bits per heavy atom. The first kappa shape index (κ1) is 7.99. The summed E-state index contributed by atoms with van der Waals surface area (Å²) in [7, 11) is 5.48. The Hall–Kier alpha value is -1.64. The molecule has 0 bridgehead atoms. The molecule has 2 radical (unpaired) electrons. The van der Waals surface area contributed by atoms with Gasteiger partial charge in [0, 0.05) is 18.0 Å². The predicted octanol–water partition coefficient (Wildman–Crippen LogP) is 0.937. The van der Waals surface area contributed by atoms with Gasteiger partial charge in [-0.15, -0.1) is 0 Å². The maximum atomic E-state index is 5.48. The van der Waals surface area contributed by atoms with Crippen LogP contribution in [-0.4, -0.2) is 17.8 Å². The van der Waals surface area contributed by atoms with Crippen LogP contribution >= 0.6 is 0 Å². The predicted molar refractivity (Wildman–Crippen MR) is 52.9 cm³/mol. The van der Waals surface area contributed by atoms with Crippen LogP contribution in [0.4, 0.5) is 0 Å². The second kappa shape index (κ2) is 3.39. The molecule has 1 aromatic carbocycles. The summed E-state index contributed by atoms with van der Waals surface area (Å²) >= 11 is 0. The lowest BCUT2D eigenvalue weighted by atomic mass is 10.0. The molecule has 60 valence electrons. The first-order valence-electron chi connectivity index (χ1n) is 3.99. The van der Waals surface area contributed by atoms with Crippen LogP contribution in [0, 0.1) is 0 Å². The Balaban J connectivity index is 2.42. The van der Waals surface area contributed by atoms with Gasteiger partial charge in [0.25, 0.3) is 0 Å². The molecule has 1 heterocycles. The Labute approximate surface area is 78.1 Å². The first-order chi connectivity index (χ1) is 6.36. The van der Waals surface area contributed by atoms with Crippen LogP contribution in [0.3, 0.4) is 0 Å². The van der Waals surface area contributed by atoms with Crippen LogP contribution in [0.25, 0.3) is 11.4 Å². The minimum atomic E-state index is 0.583. The Bertz CT molecular complexity index is 383. The van der Waals surface area contributed by atoms with Crippen molar-refractivity contribution >= 4 is 13.3 Å². The van der Waals surface area contributed by atoms with Crippen molar-refractivity contribution in [2.75, 3.05) is 0 Å². The molecule has 0 spiro atoms. The topological polar surface area (TPSA) is 25.8 Å². The molecule has 1 aromatic heterocycles. The zero-order valence-corrected chi connectivity index (χ0v) is 7.01. The molecule has 13 heavy (non-hydrogen) atoms. The largest absolute Gasteiger partial charge is 0.237 e. The van der Waals surface area contributed by atoms with Crippen LogP contribution in [0.1, 0.15) is 0 Å². The molecule has 0 atom stereocenters. The van der Waals surface area contributed by atoms with Crippen LogP contribution in [-0.2, 0) is 0 Å². The third kappa shape index (κ3) is 1.75. The maximum absolute atomic E-state index is 5.48. The molecule has 0 N–H and O–H groups in total. The van der Waals surface area contributed by atoms with Crippen LogP contribution in [0.15, 0.2) is 42.7 Å². The quantitative estimate of drug-likeness (QED) is 0.589. The lowest BCUT2D eigenvalue weighted by Gasteiger charge is -1.98. The van der Waals surface area contributed by atoms with Crippen LogP contribution < -0.4 is 5.46 Å². The third-order valence-corrected chi connectivity index (χ3v) is 1.70. The van der Waals surface area contributed by atoms with Crippen molar-refractivity contribution in [2.24, 2.45) is 0 Å². The zero-order valence-electron chi connectivity index (χ0n) is 7.01. The molecule has 0 amide bonds. The second-order valence-corrected chi connectivity index (χ2v) is 2.71. The van der Waals surface area contributed by atoms with Crippen molar-refractivity contribution in [1.82, 2.24) is 9.97 Å². The molecular weight excluding hydrogens is 159 g/mol. The summed E-state index contributed by atoms with van der Waals surface area (Å²) < 4.78 is 0. The van der Waals surface area contributed by atoms with E-state index in [2.05, 4.69) is 9.97 Å². The maximum Gasteiger partial charge on any atom is 0.159 e. The van der Waals surface area contributed by atoms with E-state index in [1.54, 1.807) is 12.4 Å². The van der Waals surface area contributed by atoms with Crippen molar-refractivity contribution in [1.29, 1.82) is 0 Å². The summed E-state index contributed by atoms with van der Waals surface area (Å²) in [6, 6.07) is 9.79. The average molecular weight is 166 g/mol. The normalized spacial score (nSPS) is 9.85. The number of benzene rings is 1. The average Bonchev–Trinajstić information content (AvgIpc) is 2.20. The van der Waals surface area contributed by atoms with E-state index < -0.39 is 0 Å².